The summed E-state index contributed by atoms with van der Waals surface area (Å²) in [6.07, 6.45) is 5.14. The zero-order chi connectivity index (χ0) is 13.2. The molecule has 0 saturated heterocycles. The van der Waals surface area contributed by atoms with E-state index in [9.17, 15) is 4.79 Å². The largest absolute Gasteiger partial charge is 0.386 e. The van der Waals surface area contributed by atoms with Crippen LogP contribution in [0.15, 0.2) is 47.7 Å². The summed E-state index contributed by atoms with van der Waals surface area (Å²) in [5, 5.41) is 11.3. The summed E-state index contributed by atoms with van der Waals surface area (Å²) in [6, 6.07) is 7.77. The minimum atomic E-state index is -0.208. The fraction of sp³-hybridized carbons (Fsp3) is 0.0714. The Bertz CT molecular complexity index is 795. The topological polar surface area (TPSA) is 70.7 Å². The summed E-state index contributed by atoms with van der Waals surface area (Å²) in [7, 11) is 1.77. The van der Waals surface area contributed by atoms with Crippen molar-refractivity contribution in [3.05, 3.63) is 53.2 Å². The maximum absolute atomic E-state index is 12.0. The third-order valence-corrected chi connectivity index (χ3v) is 3.05. The summed E-state index contributed by atoms with van der Waals surface area (Å²) in [4.78, 5) is 16.0. The van der Waals surface area contributed by atoms with E-state index < -0.39 is 0 Å². The first-order valence-corrected chi connectivity index (χ1v) is 5.89. The van der Waals surface area contributed by atoms with Gasteiger partial charge in [0.15, 0.2) is 0 Å². The molecule has 0 aliphatic carbocycles. The zero-order valence-electron chi connectivity index (χ0n) is 10.3. The smallest absolute Gasteiger partial charge is 0.274 e. The molecule has 0 atom stereocenters. The second-order valence-electron chi connectivity index (χ2n) is 4.18. The molecule has 3 rings (SSSR count). The second-order valence-corrected chi connectivity index (χ2v) is 4.18. The SMILES string of the molecule is CNc1cn[nH]c(=O)c1-c1ccc2cnccc2c1. The number of aromatic amines is 1. The van der Waals surface area contributed by atoms with Gasteiger partial charge in [-0.05, 0) is 23.1 Å². The lowest BCUT2D eigenvalue weighted by molar-refractivity contribution is 0.992. The minimum Gasteiger partial charge on any atom is -0.386 e. The molecule has 3 aromatic rings. The fourth-order valence-electron chi connectivity index (χ4n) is 2.11. The van der Waals surface area contributed by atoms with Gasteiger partial charge in [0.2, 0.25) is 0 Å². The number of pyridine rings is 1. The van der Waals surface area contributed by atoms with Crippen LogP contribution < -0.4 is 10.9 Å². The van der Waals surface area contributed by atoms with Gasteiger partial charge in [-0.2, -0.15) is 5.10 Å². The summed E-state index contributed by atoms with van der Waals surface area (Å²) < 4.78 is 0. The van der Waals surface area contributed by atoms with E-state index in [1.54, 1.807) is 25.6 Å². The lowest BCUT2D eigenvalue weighted by Gasteiger charge is -2.08. The highest BCUT2D eigenvalue weighted by Crippen LogP contribution is 2.26. The summed E-state index contributed by atoms with van der Waals surface area (Å²) in [6.45, 7) is 0. The first-order valence-electron chi connectivity index (χ1n) is 5.89. The van der Waals surface area contributed by atoms with E-state index >= 15 is 0 Å². The van der Waals surface area contributed by atoms with E-state index in [0.717, 1.165) is 16.3 Å². The molecule has 2 N–H and O–H groups in total. The van der Waals surface area contributed by atoms with Crippen molar-refractivity contribution in [1.82, 2.24) is 15.2 Å². The molecule has 19 heavy (non-hydrogen) atoms. The van der Waals surface area contributed by atoms with Crippen LogP contribution in [0.4, 0.5) is 5.69 Å². The van der Waals surface area contributed by atoms with Crippen molar-refractivity contribution in [3.8, 4) is 11.1 Å². The van der Waals surface area contributed by atoms with Gasteiger partial charge in [0, 0.05) is 24.8 Å². The Morgan fingerprint density at radius 3 is 2.89 bits per heavy atom. The van der Waals surface area contributed by atoms with Crippen molar-refractivity contribution >= 4 is 16.5 Å². The summed E-state index contributed by atoms with van der Waals surface area (Å²) in [5.74, 6) is 0. The molecule has 5 heteroatoms. The number of hydrogen-bond acceptors (Lipinski definition) is 4. The van der Waals surface area contributed by atoms with Crippen LogP contribution in [-0.2, 0) is 0 Å². The molecule has 0 aliphatic heterocycles. The lowest BCUT2D eigenvalue weighted by atomic mass is 10.0. The van der Waals surface area contributed by atoms with Gasteiger partial charge in [-0.15, -0.1) is 0 Å². The van der Waals surface area contributed by atoms with Crippen LogP contribution in [0.5, 0.6) is 0 Å². The van der Waals surface area contributed by atoms with Crippen LogP contribution in [0.2, 0.25) is 0 Å². The van der Waals surface area contributed by atoms with Crippen molar-refractivity contribution < 1.29 is 0 Å². The molecule has 0 aliphatic rings. The molecular formula is C14H12N4O. The van der Waals surface area contributed by atoms with E-state index in [0.29, 0.717) is 11.3 Å². The maximum atomic E-state index is 12.0. The number of aromatic nitrogens is 3. The van der Waals surface area contributed by atoms with Crippen LogP contribution in [0.1, 0.15) is 0 Å². The monoisotopic (exact) mass is 252 g/mol. The van der Waals surface area contributed by atoms with Crippen molar-refractivity contribution in [2.75, 3.05) is 12.4 Å². The van der Waals surface area contributed by atoms with Gasteiger partial charge < -0.3 is 5.32 Å². The van der Waals surface area contributed by atoms with Crippen molar-refractivity contribution in [2.24, 2.45) is 0 Å². The average molecular weight is 252 g/mol. The number of rotatable bonds is 2. The van der Waals surface area contributed by atoms with E-state index in [4.69, 9.17) is 0 Å². The molecule has 0 amide bonds. The molecule has 2 aromatic heterocycles. The number of nitrogens with zero attached hydrogens (tertiary/aromatic N) is 2. The molecule has 5 nitrogen and oxygen atoms in total. The minimum absolute atomic E-state index is 0.208. The Morgan fingerprint density at radius 1 is 1.16 bits per heavy atom. The van der Waals surface area contributed by atoms with E-state index in [-0.39, 0.29) is 5.56 Å². The number of nitrogens with one attached hydrogen (secondary N) is 2. The molecule has 0 unspecified atom stereocenters. The zero-order valence-corrected chi connectivity index (χ0v) is 10.3. The molecule has 2 heterocycles. The fourth-order valence-corrected chi connectivity index (χ4v) is 2.11. The number of benzene rings is 1. The number of H-pyrrole nitrogens is 1. The Kier molecular flexibility index (Phi) is 2.72. The van der Waals surface area contributed by atoms with Crippen molar-refractivity contribution in [2.45, 2.75) is 0 Å². The maximum Gasteiger partial charge on any atom is 0.274 e. The number of hydrogen-bond donors (Lipinski definition) is 2. The molecule has 0 fully saturated rings. The highest BCUT2D eigenvalue weighted by Gasteiger charge is 2.09. The summed E-state index contributed by atoms with van der Waals surface area (Å²) in [5.41, 5.74) is 1.94. The molecule has 0 saturated carbocycles. The van der Waals surface area contributed by atoms with Gasteiger partial charge in [0.25, 0.3) is 5.56 Å². The van der Waals surface area contributed by atoms with Gasteiger partial charge >= 0.3 is 0 Å². The Balaban J connectivity index is 2.27. The third-order valence-electron chi connectivity index (χ3n) is 3.05. The first kappa shape index (κ1) is 11.4. The van der Waals surface area contributed by atoms with Gasteiger partial charge in [-0.3, -0.25) is 9.78 Å². The van der Waals surface area contributed by atoms with Crippen LogP contribution in [0, 0.1) is 0 Å². The van der Waals surface area contributed by atoms with Crippen LogP contribution in [0.25, 0.3) is 21.9 Å². The molecule has 0 spiro atoms. The van der Waals surface area contributed by atoms with Crippen molar-refractivity contribution in [3.63, 3.8) is 0 Å². The lowest BCUT2D eigenvalue weighted by Crippen LogP contribution is -2.13. The highest BCUT2D eigenvalue weighted by atomic mass is 16.1. The predicted molar refractivity (Wildman–Crippen MR) is 75.1 cm³/mol. The number of fused-ring (bicyclic) bond motifs is 1. The second kappa shape index (κ2) is 4.53. The third kappa shape index (κ3) is 1.95. The molecule has 0 radical (unpaired) electrons. The standard InChI is InChI=1S/C14H12N4O/c1-15-12-8-17-18-14(19)13(12)10-2-3-11-7-16-5-4-9(11)6-10/h2-8H,1H3,(H2,15,18,19). The number of anilines is 1. The van der Waals surface area contributed by atoms with Gasteiger partial charge in [0.1, 0.15) is 0 Å². The Morgan fingerprint density at radius 2 is 2.05 bits per heavy atom. The molecule has 1 aromatic carbocycles. The quantitative estimate of drug-likeness (QED) is 0.732. The van der Waals surface area contributed by atoms with Crippen LogP contribution in [-0.4, -0.2) is 22.2 Å². The van der Waals surface area contributed by atoms with Gasteiger partial charge in [-0.1, -0.05) is 12.1 Å². The van der Waals surface area contributed by atoms with Crippen molar-refractivity contribution in [1.29, 1.82) is 0 Å². The van der Waals surface area contributed by atoms with E-state index in [2.05, 4.69) is 20.5 Å². The average Bonchev–Trinajstić information content (AvgIpc) is 2.46. The van der Waals surface area contributed by atoms with Crippen LogP contribution in [0.3, 0.4) is 0 Å². The normalized spacial score (nSPS) is 10.6. The first-order chi connectivity index (χ1) is 9.29. The Labute approximate surface area is 109 Å². The molecule has 94 valence electrons. The van der Waals surface area contributed by atoms with Gasteiger partial charge in [-0.25, -0.2) is 5.10 Å². The molecule has 0 bridgehead atoms. The van der Waals surface area contributed by atoms with E-state index in [1.165, 1.54) is 0 Å². The Hall–Kier alpha value is -2.69. The van der Waals surface area contributed by atoms with Gasteiger partial charge in [0.05, 0.1) is 17.4 Å². The van der Waals surface area contributed by atoms with Crippen LogP contribution >= 0.6 is 0 Å². The summed E-state index contributed by atoms with van der Waals surface area (Å²) >= 11 is 0. The van der Waals surface area contributed by atoms with E-state index in [1.807, 2.05) is 24.3 Å². The molecular weight excluding hydrogens is 240 g/mol. The predicted octanol–water partition coefficient (Wildman–Crippen LogP) is 2.03. The highest BCUT2D eigenvalue weighted by molar-refractivity contribution is 5.88.